The Kier molecular flexibility index (Phi) is 4.91. The Balaban J connectivity index is 2.91. The maximum absolute atomic E-state index is 10.7. The molecule has 0 radical (unpaired) electrons. The van der Waals surface area contributed by atoms with Crippen molar-refractivity contribution in [2.45, 2.75) is 0 Å². The van der Waals surface area contributed by atoms with Crippen molar-refractivity contribution in [2.24, 2.45) is 0 Å². The molecule has 0 atom stereocenters. The van der Waals surface area contributed by atoms with Gasteiger partial charge in [-0.15, -0.1) is 0 Å². The lowest BCUT2D eigenvalue weighted by molar-refractivity contribution is -0.384. The second kappa shape index (κ2) is 6.20. The third-order valence-corrected chi connectivity index (χ3v) is 2.75. The molecule has 100 valence electrons. The van der Waals surface area contributed by atoms with Crippen LogP contribution in [0.25, 0.3) is 0 Å². The summed E-state index contributed by atoms with van der Waals surface area (Å²) in [6.07, 6.45) is 0. The van der Waals surface area contributed by atoms with Crippen LogP contribution in [0.1, 0.15) is 0 Å². The molecule has 18 heavy (non-hydrogen) atoms. The van der Waals surface area contributed by atoms with Crippen molar-refractivity contribution in [3.05, 3.63) is 28.3 Å². The van der Waals surface area contributed by atoms with Crippen molar-refractivity contribution in [1.29, 1.82) is 0 Å². The predicted molar refractivity (Wildman–Crippen MR) is 74.5 cm³/mol. The van der Waals surface area contributed by atoms with Crippen LogP contribution < -0.4 is 10.2 Å². The second-order valence-corrected chi connectivity index (χ2v) is 4.43. The van der Waals surface area contributed by atoms with E-state index in [1.807, 2.05) is 21.1 Å². The van der Waals surface area contributed by atoms with E-state index in [1.165, 1.54) is 6.07 Å². The van der Waals surface area contributed by atoms with Crippen LogP contribution >= 0.6 is 0 Å². The number of nitro benzene ring substituents is 1. The number of nitrogens with zero attached hydrogens (tertiary/aromatic N) is 3. The molecule has 0 saturated heterocycles. The van der Waals surface area contributed by atoms with Crippen LogP contribution in [0.15, 0.2) is 18.2 Å². The van der Waals surface area contributed by atoms with Crippen LogP contribution in [0.5, 0.6) is 0 Å². The zero-order valence-electron chi connectivity index (χ0n) is 11.3. The molecule has 0 aliphatic heterocycles. The Morgan fingerprint density at radius 1 is 1.28 bits per heavy atom. The lowest BCUT2D eigenvalue weighted by Gasteiger charge is -2.23. The van der Waals surface area contributed by atoms with Crippen molar-refractivity contribution in [3.63, 3.8) is 0 Å². The molecule has 6 nitrogen and oxygen atoms in total. The van der Waals surface area contributed by atoms with Crippen molar-refractivity contribution in [1.82, 2.24) is 4.90 Å². The molecular weight excluding hydrogens is 232 g/mol. The van der Waals surface area contributed by atoms with Gasteiger partial charge in [0.15, 0.2) is 0 Å². The molecular formula is C12H20N4O2. The SMILES string of the molecule is CNc1cc([N+](=O)[O-])ccc1N(C)CCN(C)C. The van der Waals surface area contributed by atoms with Crippen LogP contribution in [0.3, 0.4) is 0 Å². The topological polar surface area (TPSA) is 61.7 Å². The van der Waals surface area contributed by atoms with Crippen LogP contribution in [-0.2, 0) is 0 Å². The molecule has 0 unspecified atom stereocenters. The normalized spacial score (nSPS) is 10.5. The largest absolute Gasteiger partial charge is 0.386 e. The van der Waals surface area contributed by atoms with Gasteiger partial charge in [-0.05, 0) is 20.2 Å². The number of nitrogens with one attached hydrogen (secondary N) is 1. The van der Waals surface area contributed by atoms with E-state index in [9.17, 15) is 10.1 Å². The average molecular weight is 252 g/mol. The van der Waals surface area contributed by atoms with Gasteiger partial charge in [-0.1, -0.05) is 0 Å². The highest BCUT2D eigenvalue weighted by molar-refractivity contribution is 5.72. The third-order valence-electron chi connectivity index (χ3n) is 2.75. The smallest absolute Gasteiger partial charge is 0.271 e. The Bertz CT molecular complexity index is 421. The first kappa shape index (κ1) is 14.2. The van der Waals surface area contributed by atoms with Gasteiger partial charge < -0.3 is 15.1 Å². The Morgan fingerprint density at radius 3 is 2.44 bits per heavy atom. The van der Waals surface area contributed by atoms with Gasteiger partial charge in [-0.3, -0.25) is 10.1 Å². The predicted octanol–water partition coefficient (Wildman–Crippen LogP) is 1.63. The maximum atomic E-state index is 10.7. The Morgan fingerprint density at radius 2 is 1.94 bits per heavy atom. The molecule has 0 aliphatic rings. The number of hydrogen-bond acceptors (Lipinski definition) is 5. The lowest BCUT2D eigenvalue weighted by Crippen LogP contribution is -2.28. The van der Waals surface area contributed by atoms with Gasteiger partial charge in [0.1, 0.15) is 0 Å². The van der Waals surface area contributed by atoms with Crippen LogP contribution in [0.4, 0.5) is 17.1 Å². The average Bonchev–Trinajstić information content (AvgIpc) is 2.34. The van der Waals surface area contributed by atoms with E-state index in [2.05, 4.69) is 15.1 Å². The van der Waals surface area contributed by atoms with Gasteiger partial charge in [-0.2, -0.15) is 0 Å². The zero-order valence-corrected chi connectivity index (χ0v) is 11.3. The molecule has 0 spiro atoms. The number of rotatable bonds is 6. The Labute approximate surface area is 107 Å². The van der Waals surface area contributed by atoms with E-state index in [1.54, 1.807) is 19.2 Å². The summed E-state index contributed by atoms with van der Waals surface area (Å²) in [4.78, 5) is 14.5. The first-order valence-electron chi connectivity index (χ1n) is 5.77. The molecule has 0 saturated carbocycles. The summed E-state index contributed by atoms with van der Waals surface area (Å²) >= 11 is 0. The highest BCUT2D eigenvalue weighted by Gasteiger charge is 2.12. The summed E-state index contributed by atoms with van der Waals surface area (Å²) in [5.41, 5.74) is 1.83. The van der Waals surface area contributed by atoms with Crippen LogP contribution in [0.2, 0.25) is 0 Å². The van der Waals surface area contributed by atoms with Crippen LogP contribution in [0, 0.1) is 10.1 Å². The molecule has 1 N–H and O–H groups in total. The summed E-state index contributed by atoms with van der Waals surface area (Å²) in [7, 11) is 7.78. The molecule has 0 aromatic heterocycles. The maximum Gasteiger partial charge on any atom is 0.271 e. The fraction of sp³-hybridized carbons (Fsp3) is 0.500. The van der Waals surface area contributed by atoms with Gasteiger partial charge in [0.05, 0.1) is 16.3 Å². The minimum Gasteiger partial charge on any atom is -0.386 e. The standard InChI is InChI=1S/C12H20N4O2/c1-13-11-9-10(16(17)18)5-6-12(11)15(4)8-7-14(2)3/h5-6,9,13H,7-8H2,1-4H3. The third kappa shape index (κ3) is 3.59. The molecule has 0 amide bonds. The highest BCUT2D eigenvalue weighted by atomic mass is 16.6. The van der Waals surface area contributed by atoms with Gasteiger partial charge in [0.25, 0.3) is 5.69 Å². The van der Waals surface area contributed by atoms with Crippen molar-refractivity contribution < 1.29 is 4.92 Å². The number of likely N-dealkylation sites (N-methyl/N-ethyl adjacent to an activating group) is 2. The fourth-order valence-corrected chi connectivity index (χ4v) is 1.64. The van der Waals surface area contributed by atoms with Crippen LogP contribution in [-0.4, -0.2) is 51.1 Å². The monoisotopic (exact) mass is 252 g/mol. The molecule has 1 aromatic rings. The van der Waals surface area contributed by atoms with Crippen molar-refractivity contribution in [2.75, 3.05) is 51.5 Å². The summed E-state index contributed by atoms with van der Waals surface area (Å²) < 4.78 is 0. The minimum atomic E-state index is -0.384. The molecule has 1 rings (SSSR count). The fourth-order valence-electron chi connectivity index (χ4n) is 1.64. The number of anilines is 2. The quantitative estimate of drug-likeness (QED) is 0.616. The first-order valence-corrected chi connectivity index (χ1v) is 5.77. The first-order chi connectivity index (χ1) is 8.45. The van der Waals surface area contributed by atoms with Gasteiger partial charge in [0.2, 0.25) is 0 Å². The minimum absolute atomic E-state index is 0.101. The lowest BCUT2D eigenvalue weighted by atomic mass is 10.2. The summed E-state index contributed by atoms with van der Waals surface area (Å²) in [6.45, 7) is 1.79. The summed E-state index contributed by atoms with van der Waals surface area (Å²) in [6, 6.07) is 4.86. The van der Waals surface area contributed by atoms with E-state index < -0.39 is 0 Å². The van der Waals surface area contributed by atoms with E-state index in [0.717, 1.165) is 24.5 Å². The summed E-state index contributed by atoms with van der Waals surface area (Å²) in [5.74, 6) is 0. The molecule has 0 bridgehead atoms. The molecule has 1 aromatic carbocycles. The Hall–Kier alpha value is -1.82. The van der Waals surface area contributed by atoms with E-state index in [4.69, 9.17) is 0 Å². The molecule has 6 heteroatoms. The number of nitro groups is 1. The number of benzene rings is 1. The second-order valence-electron chi connectivity index (χ2n) is 4.43. The van der Waals surface area contributed by atoms with Crippen molar-refractivity contribution >= 4 is 17.1 Å². The van der Waals surface area contributed by atoms with E-state index in [-0.39, 0.29) is 10.6 Å². The molecule has 0 aliphatic carbocycles. The van der Waals surface area contributed by atoms with E-state index in [0.29, 0.717) is 0 Å². The molecule has 0 fully saturated rings. The summed E-state index contributed by atoms with van der Waals surface area (Å²) in [5, 5.41) is 13.7. The van der Waals surface area contributed by atoms with Gasteiger partial charge >= 0.3 is 0 Å². The number of hydrogen-bond donors (Lipinski definition) is 1. The van der Waals surface area contributed by atoms with E-state index >= 15 is 0 Å². The van der Waals surface area contributed by atoms with Gasteiger partial charge in [-0.25, -0.2) is 0 Å². The zero-order chi connectivity index (χ0) is 13.7. The molecule has 0 heterocycles. The highest BCUT2D eigenvalue weighted by Crippen LogP contribution is 2.28. The van der Waals surface area contributed by atoms with Gasteiger partial charge in [0, 0.05) is 39.3 Å². The van der Waals surface area contributed by atoms with Crippen molar-refractivity contribution in [3.8, 4) is 0 Å². The number of non-ortho nitro benzene ring substituents is 1.